The zero-order chi connectivity index (χ0) is 16.9. The van der Waals surface area contributed by atoms with Crippen LogP contribution in [0.3, 0.4) is 0 Å². The van der Waals surface area contributed by atoms with E-state index in [0.29, 0.717) is 23.6 Å². The third-order valence-corrected chi connectivity index (χ3v) is 4.39. The van der Waals surface area contributed by atoms with Crippen molar-refractivity contribution in [3.8, 4) is 5.75 Å². The summed E-state index contributed by atoms with van der Waals surface area (Å²) in [6.45, 7) is 2.36. The molecule has 122 valence electrons. The molecular formula is C17H14ClN3O2S. The van der Waals surface area contributed by atoms with Gasteiger partial charge in [-0.15, -0.1) is 11.3 Å². The lowest BCUT2D eigenvalue weighted by Crippen LogP contribution is -2.12. The summed E-state index contributed by atoms with van der Waals surface area (Å²) in [7, 11) is 0. The summed E-state index contributed by atoms with van der Waals surface area (Å²) in [5.41, 5.74) is 1.97. The molecule has 0 spiro atoms. The number of hydrogen-bond donors (Lipinski definition) is 1. The van der Waals surface area contributed by atoms with Crippen LogP contribution in [0.5, 0.6) is 5.75 Å². The average molecular weight is 360 g/mol. The molecule has 0 aliphatic carbocycles. The highest BCUT2D eigenvalue weighted by molar-refractivity contribution is 7.09. The fourth-order valence-corrected chi connectivity index (χ4v) is 2.84. The number of aryl methyl sites for hydroxylation is 1. The predicted molar refractivity (Wildman–Crippen MR) is 94.8 cm³/mol. The number of amides is 1. The van der Waals surface area contributed by atoms with Gasteiger partial charge in [-0.1, -0.05) is 11.6 Å². The molecule has 0 saturated carbocycles. The molecule has 0 aliphatic heterocycles. The van der Waals surface area contributed by atoms with E-state index in [2.05, 4.69) is 15.3 Å². The van der Waals surface area contributed by atoms with Gasteiger partial charge in [0.1, 0.15) is 17.4 Å². The Labute approximate surface area is 148 Å². The maximum Gasteiger partial charge on any atom is 0.255 e. The zero-order valence-electron chi connectivity index (χ0n) is 12.8. The SMILES string of the molecule is Cc1csc(COc2ccc(C(=O)Nc3cccnc3Cl)cc2)n1. The number of carbonyl (C=O) groups is 1. The summed E-state index contributed by atoms with van der Waals surface area (Å²) in [6, 6.07) is 10.3. The molecule has 5 nitrogen and oxygen atoms in total. The molecule has 3 aromatic rings. The number of hydrogen-bond acceptors (Lipinski definition) is 5. The Bertz CT molecular complexity index is 849. The van der Waals surface area contributed by atoms with E-state index in [1.807, 2.05) is 12.3 Å². The van der Waals surface area contributed by atoms with Crippen molar-refractivity contribution in [3.05, 3.63) is 69.4 Å². The largest absolute Gasteiger partial charge is 0.486 e. The number of nitrogens with one attached hydrogen (secondary N) is 1. The number of halogens is 1. The Morgan fingerprint density at radius 3 is 2.75 bits per heavy atom. The molecule has 7 heteroatoms. The minimum absolute atomic E-state index is 0.254. The third kappa shape index (κ3) is 4.10. The fourth-order valence-electron chi connectivity index (χ4n) is 1.99. The number of carbonyl (C=O) groups excluding carboxylic acids is 1. The smallest absolute Gasteiger partial charge is 0.255 e. The Morgan fingerprint density at radius 1 is 1.29 bits per heavy atom. The molecule has 1 N–H and O–H groups in total. The number of ether oxygens (including phenoxy) is 1. The Morgan fingerprint density at radius 2 is 2.08 bits per heavy atom. The van der Waals surface area contributed by atoms with Gasteiger partial charge in [0.05, 0.1) is 5.69 Å². The monoisotopic (exact) mass is 359 g/mol. The van der Waals surface area contributed by atoms with Crippen LogP contribution in [0.4, 0.5) is 5.69 Å². The number of anilines is 1. The second kappa shape index (κ2) is 7.42. The van der Waals surface area contributed by atoms with Gasteiger partial charge >= 0.3 is 0 Å². The van der Waals surface area contributed by atoms with Crippen LogP contribution >= 0.6 is 22.9 Å². The maximum absolute atomic E-state index is 12.2. The van der Waals surface area contributed by atoms with Crippen LogP contribution in [0, 0.1) is 6.92 Å². The van der Waals surface area contributed by atoms with E-state index in [0.717, 1.165) is 10.7 Å². The summed E-state index contributed by atoms with van der Waals surface area (Å²) in [6.07, 6.45) is 1.56. The lowest BCUT2D eigenvalue weighted by atomic mass is 10.2. The van der Waals surface area contributed by atoms with Crippen molar-refractivity contribution < 1.29 is 9.53 Å². The standard InChI is InChI=1S/C17H14ClN3O2S/c1-11-10-24-15(20-11)9-23-13-6-4-12(5-7-13)17(22)21-14-3-2-8-19-16(14)18/h2-8,10H,9H2,1H3,(H,21,22). The Hall–Kier alpha value is -2.44. The molecule has 0 unspecified atom stereocenters. The van der Waals surface area contributed by atoms with Gasteiger partial charge in [0.25, 0.3) is 5.91 Å². The molecule has 0 bridgehead atoms. The number of rotatable bonds is 5. The molecule has 2 aromatic heterocycles. The second-order valence-corrected chi connectivity index (χ2v) is 6.29. The van der Waals surface area contributed by atoms with Gasteiger partial charge in [0.2, 0.25) is 0 Å². The van der Waals surface area contributed by atoms with Gasteiger partial charge in [-0.3, -0.25) is 4.79 Å². The van der Waals surface area contributed by atoms with Gasteiger partial charge < -0.3 is 10.1 Å². The molecule has 24 heavy (non-hydrogen) atoms. The normalized spacial score (nSPS) is 10.4. The van der Waals surface area contributed by atoms with Crippen LogP contribution in [0.1, 0.15) is 21.1 Å². The molecule has 0 atom stereocenters. The summed E-state index contributed by atoms with van der Waals surface area (Å²) in [5, 5.41) is 5.88. The summed E-state index contributed by atoms with van der Waals surface area (Å²) in [4.78, 5) is 20.5. The summed E-state index contributed by atoms with van der Waals surface area (Å²) < 4.78 is 5.66. The first-order chi connectivity index (χ1) is 11.6. The van der Waals surface area contributed by atoms with E-state index in [-0.39, 0.29) is 11.1 Å². The fraction of sp³-hybridized carbons (Fsp3) is 0.118. The van der Waals surface area contributed by atoms with Crippen LogP contribution in [-0.4, -0.2) is 15.9 Å². The van der Waals surface area contributed by atoms with Crippen LogP contribution in [0.2, 0.25) is 5.15 Å². The van der Waals surface area contributed by atoms with E-state index < -0.39 is 0 Å². The van der Waals surface area contributed by atoms with Crippen LogP contribution in [0.15, 0.2) is 48.0 Å². The topological polar surface area (TPSA) is 64.1 Å². The quantitative estimate of drug-likeness (QED) is 0.688. The van der Waals surface area contributed by atoms with Crippen molar-refractivity contribution in [1.82, 2.24) is 9.97 Å². The molecule has 0 radical (unpaired) electrons. The van der Waals surface area contributed by atoms with Gasteiger partial charge in [-0.25, -0.2) is 9.97 Å². The van der Waals surface area contributed by atoms with E-state index in [1.165, 1.54) is 0 Å². The van der Waals surface area contributed by atoms with Crippen molar-refractivity contribution >= 4 is 34.5 Å². The van der Waals surface area contributed by atoms with E-state index in [4.69, 9.17) is 16.3 Å². The second-order valence-electron chi connectivity index (χ2n) is 4.99. The van der Waals surface area contributed by atoms with Crippen molar-refractivity contribution in [2.75, 3.05) is 5.32 Å². The molecule has 1 amide bonds. The molecule has 3 rings (SSSR count). The minimum Gasteiger partial charge on any atom is -0.486 e. The summed E-state index contributed by atoms with van der Waals surface area (Å²) >= 11 is 7.49. The number of benzene rings is 1. The van der Waals surface area contributed by atoms with Crippen molar-refractivity contribution in [2.45, 2.75) is 13.5 Å². The molecule has 0 fully saturated rings. The van der Waals surface area contributed by atoms with Gasteiger partial charge in [-0.05, 0) is 43.3 Å². The van der Waals surface area contributed by atoms with Crippen molar-refractivity contribution in [3.63, 3.8) is 0 Å². The molecule has 2 heterocycles. The third-order valence-electron chi connectivity index (χ3n) is 3.15. The summed E-state index contributed by atoms with van der Waals surface area (Å²) in [5.74, 6) is 0.422. The van der Waals surface area contributed by atoms with Crippen LogP contribution < -0.4 is 10.1 Å². The highest BCUT2D eigenvalue weighted by Gasteiger charge is 2.09. The number of aromatic nitrogens is 2. The number of nitrogens with zero attached hydrogens (tertiary/aromatic N) is 2. The van der Waals surface area contributed by atoms with E-state index in [9.17, 15) is 4.79 Å². The van der Waals surface area contributed by atoms with Gasteiger partial charge in [0.15, 0.2) is 5.15 Å². The number of thiazole rings is 1. The first-order valence-electron chi connectivity index (χ1n) is 7.17. The first kappa shape index (κ1) is 16.4. The first-order valence-corrected chi connectivity index (χ1v) is 8.43. The molecule has 1 aromatic carbocycles. The number of pyridine rings is 1. The van der Waals surface area contributed by atoms with Crippen LogP contribution in [0.25, 0.3) is 0 Å². The van der Waals surface area contributed by atoms with Crippen LogP contribution in [-0.2, 0) is 6.61 Å². The molecule has 0 saturated heterocycles. The zero-order valence-corrected chi connectivity index (χ0v) is 14.4. The van der Waals surface area contributed by atoms with Gasteiger partial charge in [-0.2, -0.15) is 0 Å². The Kier molecular flexibility index (Phi) is 5.08. The van der Waals surface area contributed by atoms with Gasteiger partial charge in [0, 0.05) is 22.8 Å². The highest BCUT2D eigenvalue weighted by atomic mass is 35.5. The molecule has 0 aliphatic rings. The van der Waals surface area contributed by atoms with Crippen molar-refractivity contribution in [2.24, 2.45) is 0 Å². The Balaban J connectivity index is 1.61. The predicted octanol–water partition coefficient (Wildman–Crippen LogP) is 4.33. The minimum atomic E-state index is -0.257. The lowest BCUT2D eigenvalue weighted by molar-refractivity contribution is 0.102. The van der Waals surface area contributed by atoms with E-state index >= 15 is 0 Å². The highest BCUT2D eigenvalue weighted by Crippen LogP contribution is 2.20. The van der Waals surface area contributed by atoms with E-state index in [1.54, 1.807) is 53.9 Å². The maximum atomic E-state index is 12.2. The average Bonchev–Trinajstić information content (AvgIpc) is 3.01. The van der Waals surface area contributed by atoms with Crippen molar-refractivity contribution in [1.29, 1.82) is 0 Å². The lowest BCUT2D eigenvalue weighted by Gasteiger charge is -2.08. The molecular weight excluding hydrogens is 346 g/mol.